The molecular formula is C28H47N5OS. The van der Waals surface area contributed by atoms with Crippen molar-refractivity contribution in [1.29, 1.82) is 0 Å². The third-order valence-electron chi connectivity index (χ3n) is 6.96. The summed E-state index contributed by atoms with van der Waals surface area (Å²) < 4.78 is 2.32. The van der Waals surface area contributed by atoms with Gasteiger partial charge >= 0.3 is 0 Å². The number of benzene rings is 1. The number of aryl methyl sites for hydroxylation is 1. The fourth-order valence-electron chi connectivity index (χ4n) is 4.86. The lowest BCUT2D eigenvalue weighted by Gasteiger charge is -2.26. The lowest BCUT2D eigenvalue weighted by molar-refractivity contribution is 0.0751. The number of rotatable bonds is 16. The number of nitrogens with zero attached hydrogens (tertiary/aromatic N) is 4. The number of likely N-dealkylation sites (tertiary alicyclic amines) is 1. The Labute approximate surface area is 217 Å². The predicted molar refractivity (Wildman–Crippen MR) is 152 cm³/mol. The van der Waals surface area contributed by atoms with E-state index in [-0.39, 0.29) is 5.91 Å². The minimum Gasteiger partial charge on any atom is -0.356 e. The quantitative estimate of drug-likeness (QED) is 0.281. The van der Waals surface area contributed by atoms with Crippen LogP contribution in [-0.2, 0) is 6.54 Å². The molecule has 1 aliphatic heterocycles. The van der Waals surface area contributed by atoms with E-state index in [1.807, 2.05) is 28.8 Å². The maximum Gasteiger partial charge on any atom is 0.253 e. The molecular weight excluding hydrogens is 454 g/mol. The lowest BCUT2D eigenvalue weighted by atomic mass is 10.1. The Morgan fingerprint density at radius 3 is 2.46 bits per heavy atom. The maximum atomic E-state index is 13.5. The van der Waals surface area contributed by atoms with Gasteiger partial charge in [-0.25, -0.2) is 4.98 Å². The molecule has 1 amide bonds. The third-order valence-corrected chi connectivity index (χ3v) is 7.66. The molecule has 3 rings (SSSR count). The summed E-state index contributed by atoms with van der Waals surface area (Å²) in [5.41, 5.74) is 2.84. The van der Waals surface area contributed by atoms with E-state index in [0.29, 0.717) is 0 Å². The van der Waals surface area contributed by atoms with Crippen molar-refractivity contribution in [1.82, 2.24) is 19.4 Å². The second-order valence-corrected chi connectivity index (χ2v) is 10.8. The van der Waals surface area contributed by atoms with Gasteiger partial charge in [0.1, 0.15) is 0 Å². The zero-order chi connectivity index (χ0) is 24.9. The van der Waals surface area contributed by atoms with Gasteiger partial charge in [0.25, 0.3) is 5.91 Å². The first kappa shape index (κ1) is 27.9. The van der Waals surface area contributed by atoms with Crippen molar-refractivity contribution in [2.45, 2.75) is 78.2 Å². The summed E-state index contributed by atoms with van der Waals surface area (Å²) in [6, 6.07) is 6.09. The van der Waals surface area contributed by atoms with Gasteiger partial charge in [-0.05, 0) is 88.4 Å². The number of hydrogen-bond acceptors (Lipinski definition) is 5. The third kappa shape index (κ3) is 8.42. The first-order valence-electron chi connectivity index (χ1n) is 13.9. The Morgan fingerprint density at radius 2 is 1.77 bits per heavy atom. The van der Waals surface area contributed by atoms with E-state index in [9.17, 15) is 4.79 Å². The highest BCUT2D eigenvalue weighted by Crippen LogP contribution is 2.23. The first-order valence-corrected chi connectivity index (χ1v) is 15.3. The number of aromatic nitrogens is 2. The van der Waals surface area contributed by atoms with Crippen LogP contribution in [-0.4, -0.2) is 76.5 Å². The molecule has 0 unspecified atom stereocenters. The molecule has 2 heterocycles. The van der Waals surface area contributed by atoms with Crippen molar-refractivity contribution in [2.24, 2.45) is 0 Å². The van der Waals surface area contributed by atoms with Crippen molar-refractivity contribution in [2.75, 3.05) is 56.6 Å². The van der Waals surface area contributed by atoms with Gasteiger partial charge in [-0.2, -0.15) is 11.8 Å². The standard InChI is InChI=1S/C28H47N5OS/c1-4-6-19-32(20-7-5-2)27(34)24-13-14-25-26(23-24)33(28(30-25)29-15-11-22-35-3)21-12-18-31-16-9-8-10-17-31/h13-14,23H,4-12,15-22H2,1-3H3,(H,29,30). The molecule has 196 valence electrons. The smallest absolute Gasteiger partial charge is 0.253 e. The molecule has 7 heteroatoms. The molecule has 1 N–H and O–H groups in total. The summed E-state index contributed by atoms with van der Waals surface area (Å²) in [6.07, 6.45) is 12.7. The van der Waals surface area contributed by atoms with E-state index in [4.69, 9.17) is 4.98 Å². The molecule has 0 spiro atoms. The van der Waals surface area contributed by atoms with Gasteiger partial charge in [0.15, 0.2) is 0 Å². The van der Waals surface area contributed by atoms with Crippen LogP contribution >= 0.6 is 11.8 Å². The number of hydrogen-bond donors (Lipinski definition) is 1. The van der Waals surface area contributed by atoms with Crippen LogP contribution < -0.4 is 5.32 Å². The van der Waals surface area contributed by atoms with Crippen molar-refractivity contribution in [3.63, 3.8) is 0 Å². The van der Waals surface area contributed by atoms with Crippen LogP contribution in [0.25, 0.3) is 11.0 Å². The largest absolute Gasteiger partial charge is 0.356 e. The molecule has 2 aromatic rings. The van der Waals surface area contributed by atoms with Crippen molar-refractivity contribution in [3.05, 3.63) is 23.8 Å². The zero-order valence-corrected chi connectivity index (χ0v) is 23.2. The van der Waals surface area contributed by atoms with Crippen LogP contribution in [0.5, 0.6) is 0 Å². The average Bonchev–Trinajstić information content (AvgIpc) is 3.23. The number of anilines is 1. The molecule has 1 aromatic heterocycles. The Bertz CT molecular complexity index is 885. The van der Waals surface area contributed by atoms with Crippen molar-refractivity contribution in [3.8, 4) is 0 Å². The van der Waals surface area contributed by atoms with Crippen molar-refractivity contribution < 1.29 is 4.79 Å². The highest BCUT2D eigenvalue weighted by atomic mass is 32.2. The molecule has 1 saturated heterocycles. The second kappa shape index (κ2) is 15.4. The van der Waals surface area contributed by atoms with Crippen LogP contribution in [0.4, 0.5) is 5.95 Å². The lowest BCUT2D eigenvalue weighted by Crippen LogP contribution is -2.33. The Hall–Kier alpha value is -1.73. The number of amides is 1. The van der Waals surface area contributed by atoms with Gasteiger partial charge in [0.05, 0.1) is 11.0 Å². The monoisotopic (exact) mass is 501 g/mol. The predicted octanol–water partition coefficient (Wildman–Crippen LogP) is 6.12. The second-order valence-electron chi connectivity index (χ2n) is 9.82. The summed E-state index contributed by atoms with van der Waals surface area (Å²) >= 11 is 1.88. The van der Waals surface area contributed by atoms with E-state index in [1.165, 1.54) is 32.4 Å². The first-order chi connectivity index (χ1) is 17.2. The van der Waals surface area contributed by atoms with E-state index >= 15 is 0 Å². The Balaban J connectivity index is 1.80. The van der Waals surface area contributed by atoms with Crippen LogP contribution in [0.3, 0.4) is 0 Å². The van der Waals surface area contributed by atoms with Gasteiger partial charge < -0.3 is 19.7 Å². The molecule has 1 fully saturated rings. The minimum absolute atomic E-state index is 0.157. The van der Waals surface area contributed by atoms with Gasteiger partial charge in [-0.1, -0.05) is 33.1 Å². The fraction of sp³-hybridized carbons (Fsp3) is 0.714. The molecule has 1 aliphatic rings. The number of thioether (sulfide) groups is 1. The number of piperidine rings is 1. The molecule has 35 heavy (non-hydrogen) atoms. The van der Waals surface area contributed by atoms with Crippen molar-refractivity contribution >= 4 is 34.7 Å². The maximum absolute atomic E-state index is 13.5. The molecule has 6 nitrogen and oxygen atoms in total. The normalized spacial score (nSPS) is 14.5. The van der Waals surface area contributed by atoms with Gasteiger partial charge in [-0.15, -0.1) is 0 Å². The number of nitrogens with one attached hydrogen (secondary N) is 1. The highest BCUT2D eigenvalue weighted by molar-refractivity contribution is 7.98. The van der Waals surface area contributed by atoms with Crippen LogP contribution in [0.15, 0.2) is 18.2 Å². The summed E-state index contributed by atoms with van der Waals surface area (Å²) in [4.78, 5) is 23.0. The molecule has 0 radical (unpaired) electrons. The van der Waals surface area contributed by atoms with E-state index in [2.05, 4.69) is 41.0 Å². The van der Waals surface area contributed by atoms with Crippen LogP contribution in [0.1, 0.15) is 82.0 Å². The molecule has 0 bridgehead atoms. The fourth-order valence-corrected chi connectivity index (χ4v) is 5.30. The molecule has 0 saturated carbocycles. The van der Waals surface area contributed by atoms with E-state index in [1.54, 1.807) is 0 Å². The number of imidazole rings is 1. The Morgan fingerprint density at radius 1 is 1.03 bits per heavy atom. The van der Waals surface area contributed by atoms with Gasteiger partial charge in [-0.3, -0.25) is 4.79 Å². The number of unbranched alkanes of at least 4 members (excludes halogenated alkanes) is 2. The van der Waals surface area contributed by atoms with Gasteiger partial charge in [0, 0.05) is 31.7 Å². The van der Waals surface area contributed by atoms with Crippen LogP contribution in [0.2, 0.25) is 0 Å². The van der Waals surface area contributed by atoms with Crippen LogP contribution in [0, 0.1) is 0 Å². The highest BCUT2D eigenvalue weighted by Gasteiger charge is 2.18. The number of carbonyl (C=O) groups excluding carboxylic acids is 1. The van der Waals surface area contributed by atoms with Gasteiger partial charge in [0.2, 0.25) is 5.95 Å². The molecule has 0 aliphatic carbocycles. The molecule has 0 atom stereocenters. The minimum atomic E-state index is 0.157. The topological polar surface area (TPSA) is 53.4 Å². The molecule has 1 aromatic carbocycles. The SMILES string of the molecule is CCCCN(CCCC)C(=O)c1ccc2nc(NCCCSC)n(CCCN3CCCCC3)c2c1. The summed E-state index contributed by atoms with van der Waals surface area (Å²) in [7, 11) is 0. The number of carbonyl (C=O) groups is 1. The number of fused-ring (bicyclic) bond motifs is 1. The zero-order valence-electron chi connectivity index (χ0n) is 22.4. The summed E-state index contributed by atoms with van der Waals surface area (Å²) in [6.45, 7) is 11.5. The van der Waals surface area contributed by atoms with E-state index in [0.717, 1.165) is 99.5 Å². The van der Waals surface area contributed by atoms with E-state index < -0.39 is 0 Å². The summed E-state index contributed by atoms with van der Waals surface area (Å²) in [5.74, 6) is 2.24. The Kier molecular flexibility index (Phi) is 12.3. The average molecular weight is 502 g/mol. The summed E-state index contributed by atoms with van der Waals surface area (Å²) in [5, 5.41) is 3.58.